The first-order chi connectivity index (χ1) is 14.7. The molecular formula is C27H42O4. The van der Waals surface area contributed by atoms with E-state index in [1.807, 2.05) is 0 Å². The van der Waals surface area contributed by atoms with Gasteiger partial charge in [-0.15, -0.1) is 0 Å². The highest BCUT2D eigenvalue weighted by Gasteiger charge is 2.71. The second kappa shape index (κ2) is 6.79. The number of ketones is 1. The summed E-state index contributed by atoms with van der Waals surface area (Å²) < 4.78 is 13.2. The molecule has 6 fully saturated rings. The molecule has 0 aromatic rings. The van der Waals surface area contributed by atoms with Crippen molar-refractivity contribution in [2.75, 3.05) is 6.61 Å². The summed E-state index contributed by atoms with van der Waals surface area (Å²) in [5.41, 5.74) is -0.0221. The summed E-state index contributed by atoms with van der Waals surface area (Å²) >= 11 is 0. The summed E-state index contributed by atoms with van der Waals surface area (Å²) in [6, 6.07) is 0. The van der Waals surface area contributed by atoms with Crippen LogP contribution >= 0.6 is 0 Å². The van der Waals surface area contributed by atoms with Gasteiger partial charge in [0.05, 0.1) is 18.8 Å². The Morgan fingerprint density at radius 1 is 1.00 bits per heavy atom. The van der Waals surface area contributed by atoms with Crippen LogP contribution in [0, 0.1) is 52.3 Å². The largest absolute Gasteiger partial charge is 0.393 e. The highest BCUT2D eigenvalue weighted by molar-refractivity contribution is 5.87. The van der Waals surface area contributed by atoms with Crippen molar-refractivity contribution in [3.05, 3.63) is 0 Å². The summed E-state index contributed by atoms with van der Waals surface area (Å²) in [4.78, 5) is 14.0. The predicted molar refractivity (Wildman–Crippen MR) is 118 cm³/mol. The van der Waals surface area contributed by atoms with Crippen LogP contribution in [-0.4, -0.2) is 35.5 Å². The number of carbonyl (C=O) groups excluding carboxylic acids is 1. The van der Waals surface area contributed by atoms with Crippen LogP contribution in [0.1, 0.15) is 85.5 Å². The van der Waals surface area contributed by atoms with E-state index < -0.39 is 5.79 Å². The van der Waals surface area contributed by atoms with Gasteiger partial charge in [0.1, 0.15) is 5.78 Å². The third-order valence-electron chi connectivity index (χ3n) is 11.8. The average molecular weight is 431 g/mol. The molecule has 0 amide bonds. The fourth-order valence-electron chi connectivity index (χ4n) is 9.93. The summed E-state index contributed by atoms with van der Waals surface area (Å²) in [6.07, 6.45) is 9.39. The topological polar surface area (TPSA) is 55.8 Å². The van der Waals surface area contributed by atoms with Crippen LogP contribution in [0.15, 0.2) is 0 Å². The molecule has 0 aromatic heterocycles. The number of fused-ring (bicyclic) bond motifs is 7. The van der Waals surface area contributed by atoms with Crippen molar-refractivity contribution in [1.29, 1.82) is 0 Å². The highest BCUT2D eigenvalue weighted by Crippen LogP contribution is 2.70. The van der Waals surface area contributed by atoms with Crippen LogP contribution in [0.25, 0.3) is 0 Å². The molecular weight excluding hydrogens is 388 g/mol. The summed E-state index contributed by atoms with van der Waals surface area (Å²) in [7, 11) is 0. The molecule has 2 saturated heterocycles. The quantitative estimate of drug-likeness (QED) is 0.589. The Labute approximate surface area is 187 Å². The second-order valence-corrected chi connectivity index (χ2v) is 13.0. The summed E-state index contributed by atoms with van der Waals surface area (Å²) in [5.74, 6) is 3.45. The average Bonchev–Trinajstić information content (AvgIpc) is 3.18. The van der Waals surface area contributed by atoms with Crippen molar-refractivity contribution in [2.24, 2.45) is 52.3 Å². The molecule has 4 heteroatoms. The molecule has 12 atom stereocenters. The van der Waals surface area contributed by atoms with Crippen LogP contribution in [0.5, 0.6) is 0 Å². The lowest BCUT2D eigenvalue weighted by atomic mass is 9.44. The number of hydrogen-bond acceptors (Lipinski definition) is 4. The van der Waals surface area contributed by atoms with E-state index in [0.717, 1.165) is 51.6 Å². The molecule has 0 bridgehead atoms. The van der Waals surface area contributed by atoms with Crippen molar-refractivity contribution in [3.8, 4) is 0 Å². The van der Waals surface area contributed by atoms with Crippen molar-refractivity contribution in [1.82, 2.24) is 0 Å². The molecule has 6 aliphatic rings. The first kappa shape index (κ1) is 21.1. The number of carbonyl (C=O) groups is 1. The van der Waals surface area contributed by atoms with Gasteiger partial charge in [0.15, 0.2) is 5.79 Å². The maximum atomic E-state index is 14.0. The molecule has 2 aliphatic heterocycles. The molecule has 1 N–H and O–H groups in total. The van der Waals surface area contributed by atoms with E-state index in [1.54, 1.807) is 0 Å². The van der Waals surface area contributed by atoms with Gasteiger partial charge in [-0.05, 0) is 80.0 Å². The van der Waals surface area contributed by atoms with E-state index in [-0.39, 0.29) is 29.0 Å². The van der Waals surface area contributed by atoms with Crippen LogP contribution in [0.2, 0.25) is 0 Å². The maximum Gasteiger partial charge on any atom is 0.171 e. The minimum Gasteiger partial charge on any atom is -0.393 e. The van der Waals surface area contributed by atoms with Gasteiger partial charge >= 0.3 is 0 Å². The van der Waals surface area contributed by atoms with Gasteiger partial charge in [-0.25, -0.2) is 0 Å². The zero-order valence-corrected chi connectivity index (χ0v) is 19.9. The molecule has 1 spiro atoms. The lowest BCUT2D eigenvalue weighted by Gasteiger charge is -2.60. The summed E-state index contributed by atoms with van der Waals surface area (Å²) in [5, 5.41) is 10.3. The van der Waals surface area contributed by atoms with Crippen LogP contribution in [0.3, 0.4) is 0 Å². The van der Waals surface area contributed by atoms with Gasteiger partial charge in [-0.2, -0.15) is 0 Å². The Bertz CT molecular complexity index is 756. The SMILES string of the molecule is CC1CC[C@@]2(OC1)OC1CC3C4CC[C@H]5CC(O)CCC5(C)C4CC(=O)C3(C)C1[C@@H]2C. The summed E-state index contributed by atoms with van der Waals surface area (Å²) in [6.45, 7) is 10.1. The van der Waals surface area contributed by atoms with Gasteiger partial charge in [-0.1, -0.05) is 27.7 Å². The number of hydrogen-bond donors (Lipinski definition) is 1. The molecule has 9 unspecified atom stereocenters. The van der Waals surface area contributed by atoms with Crippen molar-refractivity contribution >= 4 is 5.78 Å². The number of Topliss-reactive ketones (excluding diaryl/α,β-unsaturated/α-hetero) is 1. The van der Waals surface area contributed by atoms with Gasteiger partial charge < -0.3 is 14.6 Å². The predicted octanol–water partition coefficient (Wildman–Crippen LogP) is 4.97. The molecule has 6 rings (SSSR count). The van der Waals surface area contributed by atoms with Crippen LogP contribution in [0.4, 0.5) is 0 Å². The molecule has 2 heterocycles. The van der Waals surface area contributed by atoms with Crippen molar-refractivity contribution in [3.63, 3.8) is 0 Å². The first-order valence-electron chi connectivity index (χ1n) is 13.2. The fraction of sp³-hybridized carbons (Fsp3) is 0.963. The number of ether oxygens (including phenoxy) is 2. The molecule has 4 aliphatic carbocycles. The Balaban J connectivity index is 1.30. The van der Waals surface area contributed by atoms with E-state index in [0.29, 0.717) is 41.3 Å². The van der Waals surface area contributed by atoms with E-state index in [9.17, 15) is 9.90 Å². The van der Waals surface area contributed by atoms with Gasteiger partial charge in [-0.3, -0.25) is 4.79 Å². The van der Waals surface area contributed by atoms with Crippen molar-refractivity contribution < 1.29 is 19.4 Å². The Morgan fingerprint density at radius 3 is 2.55 bits per heavy atom. The van der Waals surface area contributed by atoms with Crippen LogP contribution in [-0.2, 0) is 14.3 Å². The smallest absolute Gasteiger partial charge is 0.171 e. The molecule has 4 saturated carbocycles. The van der Waals surface area contributed by atoms with E-state index >= 15 is 0 Å². The van der Waals surface area contributed by atoms with Crippen LogP contribution < -0.4 is 0 Å². The first-order valence-corrected chi connectivity index (χ1v) is 13.2. The van der Waals surface area contributed by atoms with E-state index in [1.165, 1.54) is 12.8 Å². The monoisotopic (exact) mass is 430 g/mol. The standard InChI is InChI=1S/C27H42O4/c1-15-7-10-27(30-14-15)16(2)24-22(31-27)12-21-19-6-5-17-11-18(28)8-9-25(17,3)20(19)13-23(29)26(21,24)4/h15-22,24,28H,5-14H2,1-4H3/t15?,16-,17-,18?,19?,20?,21?,22?,24?,25?,26?,27+/m0/s1. The molecule has 0 radical (unpaired) electrons. The third kappa shape index (κ3) is 2.68. The molecule has 4 nitrogen and oxygen atoms in total. The highest BCUT2D eigenvalue weighted by atomic mass is 16.7. The molecule has 0 aromatic carbocycles. The van der Waals surface area contributed by atoms with Crippen molar-refractivity contribution in [2.45, 2.75) is 103 Å². The number of aliphatic hydroxyl groups is 1. The Hall–Kier alpha value is -0.450. The second-order valence-electron chi connectivity index (χ2n) is 13.0. The fourth-order valence-corrected chi connectivity index (χ4v) is 9.93. The Morgan fingerprint density at radius 2 is 1.81 bits per heavy atom. The minimum atomic E-state index is -0.448. The normalized spacial score (nSPS) is 60.9. The van der Waals surface area contributed by atoms with Gasteiger partial charge in [0, 0.05) is 30.1 Å². The molecule has 174 valence electrons. The Kier molecular flexibility index (Phi) is 4.62. The number of rotatable bonds is 0. The third-order valence-corrected chi connectivity index (χ3v) is 11.8. The van der Waals surface area contributed by atoms with Gasteiger partial charge in [0.2, 0.25) is 0 Å². The lowest BCUT2D eigenvalue weighted by molar-refractivity contribution is -0.272. The van der Waals surface area contributed by atoms with E-state index in [4.69, 9.17) is 9.47 Å². The van der Waals surface area contributed by atoms with E-state index in [2.05, 4.69) is 27.7 Å². The zero-order valence-electron chi connectivity index (χ0n) is 19.9. The minimum absolute atomic E-state index is 0.131. The lowest BCUT2D eigenvalue weighted by Crippen LogP contribution is -2.58. The zero-order chi connectivity index (χ0) is 21.8. The van der Waals surface area contributed by atoms with Gasteiger partial charge in [0.25, 0.3) is 0 Å². The maximum absolute atomic E-state index is 14.0. The number of aliphatic hydroxyl groups excluding tert-OH is 1. The molecule has 31 heavy (non-hydrogen) atoms.